The number of aromatic nitrogens is 2. The normalized spacial score (nSPS) is 11.9. The van der Waals surface area contributed by atoms with Crippen molar-refractivity contribution in [2.45, 2.75) is 19.9 Å². The number of benzene rings is 1. The highest BCUT2D eigenvalue weighted by atomic mass is 16.3. The van der Waals surface area contributed by atoms with Crippen molar-refractivity contribution in [3.8, 4) is 0 Å². The molecule has 2 aromatic rings. The summed E-state index contributed by atoms with van der Waals surface area (Å²) in [6.07, 6.45) is 1.51. The molecule has 5 heteroatoms. The highest BCUT2D eigenvalue weighted by molar-refractivity contribution is 5.95. The van der Waals surface area contributed by atoms with Crippen LogP contribution >= 0.6 is 0 Å². The maximum Gasteiger partial charge on any atom is 0.255 e. The third-order valence-corrected chi connectivity index (χ3v) is 3.03. The van der Waals surface area contributed by atoms with Crippen molar-refractivity contribution in [1.82, 2.24) is 15.3 Å². The zero-order chi connectivity index (χ0) is 14.5. The summed E-state index contributed by atoms with van der Waals surface area (Å²) in [5, 5.41) is 12.2. The third kappa shape index (κ3) is 3.19. The highest BCUT2D eigenvalue weighted by Gasteiger charge is 2.17. The van der Waals surface area contributed by atoms with E-state index in [2.05, 4.69) is 15.3 Å². The van der Waals surface area contributed by atoms with Crippen LogP contribution in [0.3, 0.4) is 0 Å². The van der Waals surface area contributed by atoms with Gasteiger partial charge in [0.2, 0.25) is 0 Å². The van der Waals surface area contributed by atoms with Crippen LogP contribution in [0.4, 0.5) is 0 Å². The van der Waals surface area contributed by atoms with Crippen molar-refractivity contribution >= 4 is 5.91 Å². The molecule has 1 aromatic carbocycles. The zero-order valence-corrected chi connectivity index (χ0v) is 11.5. The van der Waals surface area contributed by atoms with E-state index >= 15 is 0 Å². The highest BCUT2D eigenvalue weighted by Crippen LogP contribution is 2.13. The van der Waals surface area contributed by atoms with E-state index in [9.17, 15) is 9.90 Å². The molecule has 0 bridgehead atoms. The van der Waals surface area contributed by atoms with Gasteiger partial charge >= 0.3 is 0 Å². The molecule has 104 valence electrons. The molecule has 1 atom stereocenters. The van der Waals surface area contributed by atoms with Crippen molar-refractivity contribution in [1.29, 1.82) is 0 Å². The lowest BCUT2D eigenvalue weighted by Gasteiger charge is -2.17. The summed E-state index contributed by atoms with van der Waals surface area (Å²) in [7, 11) is 0. The van der Waals surface area contributed by atoms with Gasteiger partial charge in [0.15, 0.2) is 0 Å². The quantitative estimate of drug-likeness (QED) is 0.885. The van der Waals surface area contributed by atoms with E-state index in [-0.39, 0.29) is 12.5 Å². The number of carbonyl (C=O) groups excluding carboxylic acids is 1. The number of nitrogens with one attached hydrogen (secondary N) is 1. The average Bonchev–Trinajstić information content (AvgIpc) is 2.45. The molecule has 1 heterocycles. The molecule has 0 radical (unpaired) electrons. The topological polar surface area (TPSA) is 75.1 Å². The van der Waals surface area contributed by atoms with Gasteiger partial charge in [-0.3, -0.25) is 4.79 Å². The lowest BCUT2D eigenvalue weighted by Crippen LogP contribution is -2.31. The standard InChI is InChI=1S/C15H17N3O2/c1-10-13(8-16-11(2)17-10)15(20)18-14(9-19)12-6-4-3-5-7-12/h3-8,14,19H,9H2,1-2H3,(H,18,20). The predicted molar refractivity (Wildman–Crippen MR) is 75.2 cm³/mol. The van der Waals surface area contributed by atoms with Gasteiger partial charge in [0.1, 0.15) is 5.82 Å². The number of aryl methyl sites for hydroxylation is 2. The van der Waals surface area contributed by atoms with E-state index in [1.807, 2.05) is 30.3 Å². The number of rotatable bonds is 4. The summed E-state index contributed by atoms with van der Waals surface area (Å²) in [4.78, 5) is 20.4. The Morgan fingerprint density at radius 1 is 1.30 bits per heavy atom. The van der Waals surface area contributed by atoms with Crippen molar-refractivity contribution in [3.63, 3.8) is 0 Å². The number of amides is 1. The SMILES string of the molecule is Cc1ncc(C(=O)NC(CO)c2ccccc2)c(C)n1. The minimum absolute atomic E-state index is 0.165. The van der Waals surface area contributed by atoms with Gasteiger partial charge in [0.05, 0.1) is 23.9 Å². The lowest BCUT2D eigenvalue weighted by atomic mass is 10.1. The first kappa shape index (κ1) is 14.1. The summed E-state index contributed by atoms with van der Waals surface area (Å²) in [5.41, 5.74) is 1.90. The Bertz CT molecular complexity index is 599. The molecule has 20 heavy (non-hydrogen) atoms. The summed E-state index contributed by atoms with van der Waals surface area (Å²) in [6.45, 7) is 3.37. The largest absolute Gasteiger partial charge is 0.394 e. The van der Waals surface area contributed by atoms with Crippen molar-refractivity contribution < 1.29 is 9.90 Å². The van der Waals surface area contributed by atoms with E-state index in [0.717, 1.165) is 5.56 Å². The first-order valence-corrected chi connectivity index (χ1v) is 6.38. The Balaban J connectivity index is 2.17. The fourth-order valence-electron chi connectivity index (χ4n) is 1.96. The fraction of sp³-hybridized carbons (Fsp3) is 0.267. The van der Waals surface area contributed by atoms with Crippen LogP contribution in [-0.2, 0) is 0 Å². The molecular weight excluding hydrogens is 254 g/mol. The van der Waals surface area contributed by atoms with Gasteiger partial charge in [0.25, 0.3) is 5.91 Å². The maximum absolute atomic E-state index is 12.2. The molecule has 1 amide bonds. The molecule has 1 aromatic heterocycles. The van der Waals surface area contributed by atoms with Crippen molar-refractivity contribution in [2.24, 2.45) is 0 Å². The number of nitrogens with zero attached hydrogens (tertiary/aromatic N) is 2. The van der Waals surface area contributed by atoms with Crippen LogP contribution in [0, 0.1) is 13.8 Å². The monoisotopic (exact) mass is 271 g/mol. The van der Waals surface area contributed by atoms with Gasteiger partial charge in [-0.05, 0) is 19.4 Å². The van der Waals surface area contributed by atoms with E-state index in [0.29, 0.717) is 17.1 Å². The van der Waals surface area contributed by atoms with Crippen LogP contribution in [0.25, 0.3) is 0 Å². The molecule has 0 saturated carbocycles. The van der Waals surface area contributed by atoms with Crippen molar-refractivity contribution in [3.05, 3.63) is 59.2 Å². The minimum Gasteiger partial charge on any atom is -0.394 e. The molecule has 0 aliphatic heterocycles. The zero-order valence-electron chi connectivity index (χ0n) is 11.5. The third-order valence-electron chi connectivity index (χ3n) is 3.03. The van der Waals surface area contributed by atoms with Gasteiger partial charge in [-0.2, -0.15) is 0 Å². The maximum atomic E-state index is 12.2. The first-order chi connectivity index (χ1) is 9.61. The Labute approximate surface area is 117 Å². The number of hydrogen-bond acceptors (Lipinski definition) is 4. The molecular formula is C15H17N3O2. The predicted octanol–water partition coefficient (Wildman–Crippen LogP) is 1.56. The Morgan fingerprint density at radius 3 is 2.60 bits per heavy atom. The van der Waals surface area contributed by atoms with Crippen LogP contribution in [0.5, 0.6) is 0 Å². The number of aliphatic hydroxyl groups excluding tert-OH is 1. The smallest absolute Gasteiger partial charge is 0.255 e. The van der Waals surface area contributed by atoms with Gasteiger partial charge < -0.3 is 10.4 Å². The first-order valence-electron chi connectivity index (χ1n) is 6.38. The van der Waals surface area contributed by atoms with Gasteiger partial charge in [-0.15, -0.1) is 0 Å². The lowest BCUT2D eigenvalue weighted by molar-refractivity contribution is 0.0914. The molecule has 0 fully saturated rings. The molecule has 0 aliphatic carbocycles. The minimum atomic E-state index is -0.440. The van der Waals surface area contributed by atoms with Crippen molar-refractivity contribution in [2.75, 3.05) is 6.61 Å². The average molecular weight is 271 g/mol. The summed E-state index contributed by atoms with van der Waals surface area (Å²) in [6, 6.07) is 8.90. The van der Waals surface area contributed by atoms with Crippen LogP contribution in [0.15, 0.2) is 36.5 Å². The van der Waals surface area contributed by atoms with Gasteiger partial charge in [0, 0.05) is 6.20 Å². The van der Waals surface area contributed by atoms with Crippen LogP contribution in [0.2, 0.25) is 0 Å². The van der Waals surface area contributed by atoms with Gasteiger partial charge in [-0.1, -0.05) is 30.3 Å². The van der Waals surface area contributed by atoms with Crippen LogP contribution < -0.4 is 5.32 Å². The van der Waals surface area contributed by atoms with E-state index in [1.165, 1.54) is 6.20 Å². The number of carbonyl (C=O) groups is 1. The molecule has 2 N–H and O–H groups in total. The molecule has 0 spiro atoms. The molecule has 1 unspecified atom stereocenters. The second-order valence-electron chi connectivity index (χ2n) is 4.54. The van der Waals surface area contributed by atoms with E-state index in [1.54, 1.807) is 13.8 Å². The van der Waals surface area contributed by atoms with Gasteiger partial charge in [-0.25, -0.2) is 9.97 Å². The fourth-order valence-corrected chi connectivity index (χ4v) is 1.96. The molecule has 0 saturated heterocycles. The summed E-state index contributed by atoms with van der Waals surface area (Å²) < 4.78 is 0. The Hall–Kier alpha value is -2.27. The van der Waals surface area contributed by atoms with Crippen LogP contribution in [-0.4, -0.2) is 27.6 Å². The molecule has 0 aliphatic rings. The van der Waals surface area contributed by atoms with E-state index in [4.69, 9.17) is 0 Å². The Morgan fingerprint density at radius 2 is 2.00 bits per heavy atom. The molecule has 5 nitrogen and oxygen atoms in total. The second kappa shape index (κ2) is 6.25. The number of aliphatic hydroxyl groups is 1. The Kier molecular flexibility index (Phi) is 4.42. The molecule has 2 rings (SSSR count). The van der Waals surface area contributed by atoms with Crippen LogP contribution in [0.1, 0.15) is 33.5 Å². The van der Waals surface area contributed by atoms with E-state index < -0.39 is 6.04 Å². The number of hydrogen-bond donors (Lipinski definition) is 2. The summed E-state index contributed by atoms with van der Waals surface area (Å²) >= 11 is 0. The second-order valence-corrected chi connectivity index (χ2v) is 4.54. The summed E-state index contributed by atoms with van der Waals surface area (Å²) in [5.74, 6) is 0.339.